The van der Waals surface area contributed by atoms with Crippen LogP contribution < -0.4 is 0 Å². The number of pyridine rings is 1. The molecule has 1 aliphatic rings. The first kappa shape index (κ1) is 15.9. The van der Waals surface area contributed by atoms with E-state index < -0.39 is 12.1 Å². The number of hydrogen-bond donors (Lipinski definition) is 1. The van der Waals surface area contributed by atoms with Gasteiger partial charge in [0, 0.05) is 28.7 Å². The minimum atomic E-state index is -4.24. The van der Waals surface area contributed by atoms with Gasteiger partial charge in [-0.15, -0.1) is 0 Å². The van der Waals surface area contributed by atoms with Crippen LogP contribution in [0.1, 0.15) is 24.9 Å². The highest BCUT2D eigenvalue weighted by atomic mass is 19.4. The fraction of sp³-hybridized carbons (Fsp3) is 0.263. The molecule has 3 aromatic rings. The summed E-state index contributed by atoms with van der Waals surface area (Å²) in [4.78, 5) is 12.1. The Morgan fingerprint density at radius 3 is 2.72 bits per heavy atom. The number of para-hydroxylation sites is 1. The minimum Gasteiger partial charge on any atom is -0.339 e. The van der Waals surface area contributed by atoms with E-state index >= 15 is 0 Å². The van der Waals surface area contributed by atoms with E-state index in [2.05, 4.69) is 15.0 Å². The van der Waals surface area contributed by atoms with Crippen LogP contribution in [0.2, 0.25) is 0 Å². The Bertz CT molecular complexity index is 998. The predicted octanol–water partition coefficient (Wildman–Crippen LogP) is 5.36. The number of dihydropyridines is 1. The Morgan fingerprint density at radius 2 is 2.00 bits per heavy atom. The monoisotopic (exact) mass is 343 g/mol. The molecule has 0 bridgehead atoms. The second kappa shape index (κ2) is 5.72. The molecule has 0 spiro atoms. The fourth-order valence-corrected chi connectivity index (χ4v) is 3.29. The number of allylic oxidation sites excluding steroid dienone is 1. The maximum atomic E-state index is 12.9. The number of alkyl halides is 3. The number of nitrogens with zero attached hydrogens (tertiary/aromatic N) is 2. The molecule has 2 aromatic heterocycles. The van der Waals surface area contributed by atoms with Crippen LogP contribution in [0.5, 0.6) is 0 Å². The lowest BCUT2D eigenvalue weighted by Crippen LogP contribution is -2.23. The molecule has 4 rings (SSSR count). The van der Waals surface area contributed by atoms with Crippen LogP contribution in [0.25, 0.3) is 21.9 Å². The smallest absolute Gasteiger partial charge is 0.339 e. The third-order valence-electron chi connectivity index (χ3n) is 4.76. The Balaban J connectivity index is 1.73. The van der Waals surface area contributed by atoms with E-state index in [-0.39, 0.29) is 11.6 Å². The van der Waals surface area contributed by atoms with Crippen LogP contribution >= 0.6 is 0 Å². The van der Waals surface area contributed by atoms with E-state index in [0.717, 1.165) is 27.5 Å². The van der Waals surface area contributed by atoms with Crippen LogP contribution in [-0.2, 0) is 0 Å². The zero-order chi connectivity index (χ0) is 17.6. The molecule has 3 heterocycles. The molecule has 0 amide bonds. The van der Waals surface area contributed by atoms with Crippen molar-refractivity contribution in [2.75, 3.05) is 0 Å². The number of fused-ring (bicyclic) bond motifs is 3. The Morgan fingerprint density at radius 1 is 1.20 bits per heavy atom. The summed E-state index contributed by atoms with van der Waals surface area (Å²) >= 11 is 0. The van der Waals surface area contributed by atoms with E-state index in [1.165, 1.54) is 13.1 Å². The number of nitrogens with one attached hydrogen (secondary N) is 1. The van der Waals surface area contributed by atoms with Gasteiger partial charge >= 0.3 is 6.18 Å². The Labute approximate surface area is 142 Å². The first-order valence-corrected chi connectivity index (χ1v) is 8.10. The number of aliphatic imine (C=N–C) groups is 1. The van der Waals surface area contributed by atoms with Crippen LogP contribution in [0, 0.1) is 5.92 Å². The van der Waals surface area contributed by atoms with Crippen LogP contribution in [0.4, 0.5) is 13.2 Å². The molecule has 2 atom stereocenters. The van der Waals surface area contributed by atoms with Crippen molar-refractivity contribution < 1.29 is 13.2 Å². The van der Waals surface area contributed by atoms with Gasteiger partial charge in [0.05, 0.1) is 12.0 Å². The van der Waals surface area contributed by atoms with Gasteiger partial charge in [-0.3, -0.25) is 4.99 Å². The average molecular weight is 343 g/mol. The molecule has 1 N–H and O–H groups in total. The van der Waals surface area contributed by atoms with E-state index in [0.29, 0.717) is 6.42 Å². The number of H-pyrrole nitrogens is 1. The third-order valence-corrected chi connectivity index (χ3v) is 4.76. The molecule has 1 aromatic carbocycles. The lowest BCUT2D eigenvalue weighted by Gasteiger charge is -2.22. The van der Waals surface area contributed by atoms with E-state index in [4.69, 9.17) is 0 Å². The second-order valence-electron chi connectivity index (χ2n) is 6.29. The maximum absolute atomic E-state index is 12.9. The number of rotatable bonds is 2. The Hall–Kier alpha value is -2.63. The summed E-state index contributed by atoms with van der Waals surface area (Å²) < 4.78 is 38.6. The molecule has 1 aliphatic heterocycles. The molecule has 0 radical (unpaired) electrons. The molecule has 2 unspecified atom stereocenters. The SMILES string of the molecule is CC(C1=CCC(c2ccnc3[nH]c4ccccc4c23)N=C1)C(F)(F)F. The molecular weight excluding hydrogens is 327 g/mol. The molecule has 3 nitrogen and oxygen atoms in total. The summed E-state index contributed by atoms with van der Waals surface area (Å²) in [5, 5.41) is 2.04. The first-order valence-electron chi connectivity index (χ1n) is 8.10. The van der Waals surface area contributed by atoms with Crippen molar-refractivity contribution in [3.63, 3.8) is 0 Å². The zero-order valence-corrected chi connectivity index (χ0v) is 13.5. The summed E-state index contributed by atoms with van der Waals surface area (Å²) in [5.41, 5.74) is 2.97. The zero-order valence-electron chi connectivity index (χ0n) is 13.5. The largest absolute Gasteiger partial charge is 0.395 e. The number of aromatic nitrogens is 2. The van der Waals surface area contributed by atoms with Gasteiger partial charge in [-0.05, 0) is 36.6 Å². The van der Waals surface area contributed by atoms with E-state index in [1.54, 1.807) is 12.3 Å². The highest BCUT2D eigenvalue weighted by Crippen LogP contribution is 2.37. The molecule has 6 heteroatoms. The van der Waals surface area contributed by atoms with Gasteiger partial charge in [0.15, 0.2) is 0 Å². The molecular formula is C19H16F3N3. The van der Waals surface area contributed by atoms with Crippen molar-refractivity contribution in [3.8, 4) is 0 Å². The normalized spacial score (nSPS) is 19.4. The molecule has 0 fully saturated rings. The van der Waals surface area contributed by atoms with Gasteiger partial charge in [0.1, 0.15) is 5.65 Å². The van der Waals surface area contributed by atoms with Gasteiger partial charge < -0.3 is 4.98 Å². The molecule has 0 saturated heterocycles. The number of benzene rings is 1. The Kier molecular flexibility index (Phi) is 3.63. The quantitative estimate of drug-likeness (QED) is 0.669. The number of halogens is 3. The summed E-state index contributed by atoms with van der Waals surface area (Å²) in [5.74, 6) is -1.50. The summed E-state index contributed by atoms with van der Waals surface area (Å²) in [6.07, 6.45) is 0.931. The van der Waals surface area contributed by atoms with Gasteiger partial charge in [-0.25, -0.2) is 4.98 Å². The van der Waals surface area contributed by atoms with Gasteiger partial charge in [0.2, 0.25) is 0 Å². The highest BCUT2D eigenvalue weighted by molar-refractivity contribution is 6.07. The van der Waals surface area contributed by atoms with Crippen LogP contribution in [-0.4, -0.2) is 22.4 Å². The third kappa shape index (κ3) is 2.71. The van der Waals surface area contributed by atoms with Crippen LogP contribution in [0.15, 0.2) is 53.2 Å². The van der Waals surface area contributed by atoms with Crippen molar-refractivity contribution in [2.24, 2.45) is 10.9 Å². The highest BCUT2D eigenvalue weighted by Gasteiger charge is 2.38. The summed E-state index contributed by atoms with van der Waals surface area (Å²) in [6, 6.07) is 9.60. The lowest BCUT2D eigenvalue weighted by atomic mass is 9.93. The molecule has 0 aliphatic carbocycles. The van der Waals surface area contributed by atoms with Crippen LogP contribution in [0.3, 0.4) is 0 Å². The van der Waals surface area contributed by atoms with Crippen molar-refractivity contribution in [2.45, 2.75) is 25.6 Å². The van der Waals surface area contributed by atoms with Gasteiger partial charge in [-0.2, -0.15) is 13.2 Å². The maximum Gasteiger partial charge on any atom is 0.395 e. The van der Waals surface area contributed by atoms with Crippen molar-refractivity contribution in [1.82, 2.24) is 9.97 Å². The van der Waals surface area contributed by atoms with Gasteiger partial charge in [-0.1, -0.05) is 24.3 Å². The number of hydrogen-bond acceptors (Lipinski definition) is 2. The van der Waals surface area contributed by atoms with Crippen molar-refractivity contribution in [3.05, 3.63) is 53.7 Å². The molecule has 128 valence electrons. The first-order chi connectivity index (χ1) is 11.9. The molecule has 0 saturated carbocycles. The summed E-state index contributed by atoms with van der Waals surface area (Å²) in [6.45, 7) is 1.17. The predicted molar refractivity (Wildman–Crippen MR) is 92.8 cm³/mol. The average Bonchev–Trinajstić information content (AvgIpc) is 2.99. The van der Waals surface area contributed by atoms with E-state index in [9.17, 15) is 13.2 Å². The molecule has 25 heavy (non-hydrogen) atoms. The summed E-state index contributed by atoms with van der Waals surface area (Å²) in [7, 11) is 0. The minimum absolute atomic E-state index is 0.200. The van der Waals surface area contributed by atoms with Crippen molar-refractivity contribution >= 4 is 28.2 Å². The fourth-order valence-electron chi connectivity index (χ4n) is 3.29. The van der Waals surface area contributed by atoms with E-state index in [1.807, 2.05) is 30.3 Å². The van der Waals surface area contributed by atoms with Gasteiger partial charge in [0.25, 0.3) is 0 Å². The topological polar surface area (TPSA) is 41.0 Å². The standard InChI is InChI=1S/C19H16F3N3/c1-11(19(20,21)22)12-6-7-15(24-10-12)14-8-9-23-18-17(14)13-4-2-3-5-16(13)25-18/h2-6,8-11,15H,7H2,1H3,(H,23,25). The second-order valence-corrected chi connectivity index (χ2v) is 6.29. The number of aromatic amines is 1. The van der Waals surface area contributed by atoms with Crippen molar-refractivity contribution in [1.29, 1.82) is 0 Å². The lowest BCUT2D eigenvalue weighted by molar-refractivity contribution is -0.157.